The van der Waals surface area contributed by atoms with Crippen molar-refractivity contribution >= 4 is 28.3 Å². The molecule has 2 aromatic rings. The van der Waals surface area contributed by atoms with Crippen LogP contribution < -0.4 is 10.1 Å². The molecular weight excluding hydrogens is 340 g/mol. The first-order valence-corrected chi connectivity index (χ1v) is 7.09. The van der Waals surface area contributed by atoms with Crippen molar-refractivity contribution in [2.45, 2.75) is 20.0 Å². The number of aromatic nitrogens is 1. The van der Waals surface area contributed by atoms with Crippen molar-refractivity contribution in [3.05, 3.63) is 58.3 Å². The second-order valence-corrected chi connectivity index (χ2v) is 5.02. The molecule has 1 heterocycles. The fourth-order valence-electron chi connectivity index (χ4n) is 1.78. The van der Waals surface area contributed by atoms with Crippen LogP contribution in [-0.2, 0) is 13.1 Å². The SMILES string of the molecule is CCOc1ccc(CNCc2cccnc2)cc1Br.Cl. The predicted octanol–water partition coefficient (Wildman–Crippen LogP) is 3.95. The molecule has 0 bridgehead atoms. The Bertz CT molecular complexity index is 523. The standard InChI is InChI=1S/C15H17BrN2O.ClH/c1-2-19-15-6-5-12(8-14(15)16)9-18-11-13-4-3-7-17-10-13;/h3-8,10,18H,2,9,11H2,1H3;1H. The van der Waals surface area contributed by atoms with Gasteiger partial charge in [-0.25, -0.2) is 0 Å². The molecule has 0 atom stereocenters. The van der Waals surface area contributed by atoms with Crippen molar-refractivity contribution in [2.24, 2.45) is 0 Å². The van der Waals surface area contributed by atoms with Gasteiger partial charge in [-0.15, -0.1) is 12.4 Å². The molecule has 0 spiro atoms. The topological polar surface area (TPSA) is 34.1 Å². The van der Waals surface area contributed by atoms with E-state index in [-0.39, 0.29) is 12.4 Å². The highest BCUT2D eigenvalue weighted by Gasteiger charge is 2.02. The van der Waals surface area contributed by atoms with Gasteiger partial charge in [0.1, 0.15) is 5.75 Å². The maximum Gasteiger partial charge on any atom is 0.133 e. The van der Waals surface area contributed by atoms with Gasteiger partial charge < -0.3 is 10.1 Å². The van der Waals surface area contributed by atoms with Crippen LogP contribution in [0.25, 0.3) is 0 Å². The van der Waals surface area contributed by atoms with E-state index in [9.17, 15) is 0 Å². The molecule has 0 saturated carbocycles. The van der Waals surface area contributed by atoms with Gasteiger partial charge in [0.2, 0.25) is 0 Å². The van der Waals surface area contributed by atoms with Crippen molar-refractivity contribution in [3.63, 3.8) is 0 Å². The molecule has 1 aromatic heterocycles. The highest BCUT2D eigenvalue weighted by atomic mass is 79.9. The molecule has 0 saturated heterocycles. The minimum atomic E-state index is 0. The van der Waals surface area contributed by atoms with Gasteiger partial charge >= 0.3 is 0 Å². The van der Waals surface area contributed by atoms with Crippen molar-refractivity contribution in [3.8, 4) is 5.75 Å². The van der Waals surface area contributed by atoms with Crippen LogP contribution in [0.4, 0.5) is 0 Å². The van der Waals surface area contributed by atoms with Crippen LogP contribution in [0.15, 0.2) is 47.2 Å². The van der Waals surface area contributed by atoms with Crippen LogP contribution in [0.1, 0.15) is 18.1 Å². The summed E-state index contributed by atoms with van der Waals surface area (Å²) in [6.45, 7) is 4.30. The lowest BCUT2D eigenvalue weighted by Crippen LogP contribution is -2.12. The lowest BCUT2D eigenvalue weighted by molar-refractivity contribution is 0.338. The zero-order chi connectivity index (χ0) is 13.5. The Morgan fingerprint density at radius 2 is 2.00 bits per heavy atom. The first-order chi connectivity index (χ1) is 9.29. The largest absolute Gasteiger partial charge is 0.493 e. The zero-order valence-corrected chi connectivity index (χ0v) is 13.7. The molecular formula is C15H18BrClN2O. The van der Waals surface area contributed by atoms with Crippen LogP contribution in [-0.4, -0.2) is 11.6 Å². The number of pyridine rings is 1. The summed E-state index contributed by atoms with van der Waals surface area (Å²) in [6.07, 6.45) is 3.66. The molecule has 3 nitrogen and oxygen atoms in total. The Morgan fingerprint density at radius 1 is 1.20 bits per heavy atom. The van der Waals surface area contributed by atoms with Gasteiger partial charge in [-0.1, -0.05) is 12.1 Å². The Balaban J connectivity index is 0.00000200. The lowest BCUT2D eigenvalue weighted by atomic mass is 10.2. The number of benzene rings is 1. The first-order valence-electron chi connectivity index (χ1n) is 6.30. The van der Waals surface area contributed by atoms with Gasteiger partial charge in [0, 0.05) is 25.5 Å². The highest BCUT2D eigenvalue weighted by Crippen LogP contribution is 2.25. The van der Waals surface area contributed by atoms with Crippen molar-refractivity contribution in [2.75, 3.05) is 6.61 Å². The fourth-order valence-corrected chi connectivity index (χ4v) is 2.32. The second-order valence-electron chi connectivity index (χ2n) is 4.16. The van der Waals surface area contributed by atoms with Gasteiger partial charge in [-0.05, 0) is 52.2 Å². The summed E-state index contributed by atoms with van der Waals surface area (Å²) in [5.74, 6) is 0.888. The van der Waals surface area contributed by atoms with E-state index in [1.54, 1.807) is 6.20 Å². The summed E-state index contributed by atoms with van der Waals surface area (Å²) in [5, 5.41) is 3.40. The van der Waals surface area contributed by atoms with E-state index in [4.69, 9.17) is 4.74 Å². The lowest BCUT2D eigenvalue weighted by Gasteiger charge is -2.09. The van der Waals surface area contributed by atoms with Crippen molar-refractivity contribution in [1.29, 1.82) is 0 Å². The average molecular weight is 358 g/mol. The summed E-state index contributed by atoms with van der Waals surface area (Å²) in [4.78, 5) is 4.09. The maximum absolute atomic E-state index is 5.49. The van der Waals surface area contributed by atoms with Crippen LogP contribution in [0.3, 0.4) is 0 Å². The van der Waals surface area contributed by atoms with E-state index in [1.165, 1.54) is 11.1 Å². The molecule has 0 aliphatic rings. The molecule has 1 N–H and O–H groups in total. The van der Waals surface area contributed by atoms with E-state index in [0.29, 0.717) is 6.61 Å². The minimum Gasteiger partial charge on any atom is -0.493 e. The summed E-state index contributed by atoms with van der Waals surface area (Å²) in [7, 11) is 0. The molecule has 5 heteroatoms. The predicted molar refractivity (Wildman–Crippen MR) is 87.3 cm³/mol. The first kappa shape index (κ1) is 17.0. The van der Waals surface area contributed by atoms with Crippen LogP contribution in [0.5, 0.6) is 5.75 Å². The number of hydrogen-bond acceptors (Lipinski definition) is 3. The molecule has 20 heavy (non-hydrogen) atoms. The van der Waals surface area contributed by atoms with Crippen LogP contribution in [0.2, 0.25) is 0 Å². The molecule has 0 aliphatic heterocycles. The van der Waals surface area contributed by atoms with Crippen molar-refractivity contribution < 1.29 is 4.74 Å². The molecule has 0 aliphatic carbocycles. The number of nitrogens with one attached hydrogen (secondary N) is 1. The van der Waals surface area contributed by atoms with Gasteiger partial charge in [0.25, 0.3) is 0 Å². The molecule has 0 amide bonds. The monoisotopic (exact) mass is 356 g/mol. The van der Waals surface area contributed by atoms with Gasteiger partial charge in [-0.2, -0.15) is 0 Å². The minimum absolute atomic E-state index is 0. The summed E-state index contributed by atoms with van der Waals surface area (Å²) < 4.78 is 6.49. The number of ether oxygens (including phenoxy) is 1. The quantitative estimate of drug-likeness (QED) is 0.850. The van der Waals surface area contributed by atoms with Gasteiger partial charge in [0.05, 0.1) is 11.1 Å². The van der Waals surface area contributed by atoms with E-state index >= 15 is 0 Å². The summed E-state index contributed by atoms with van der Waals surface area (Å²) in [6, 6.07) is 10.2. The molecule has 0 radical (unpaired) electrons. The number of halogens is 2. The third-order valence-corrected chi connectivity index (χ3v) is 3.30. The number of hydrogen-bond donors (Lipinski definition) is 1. The average Bonchev–Trinajstić information content (AvgIpc) is 2.43. The van der Waals surface area contributed by atoms with Gasteiger partial charge in [0.15, 0.2) is 0 Å². The van der Waals surface area contributed by atoms with E-state index in [0.717, 1.165) is 23.3 Å². The van der Waals surface area contributed by atoms with E-state index in [1.807, 2.05) is 25.3 Å². The zero-order valence-electron chi connectivity index (χ0n) is 11.3. The summed E-state index contributed by atoms with van der Waals surface area (Å²) >= 11 is 3.52. The maximum atomic E-state index is 5.49. The molecule has 0 unspecified atom stereocenters. The van der Waals surface area contributed by atoms with Crippen LogP contribution >= 0.6 is 28.3 Å². The fraction of sp³-hybridized carbons (Fsp3) is 0.267. The molecule has 1 aromatic carbocycles. The Hall–Kier alpha value is -1.10. The highest BCUT2D eigenvalue weighted by molar-refractivity contribution is 9.10. The normalized spacial score (nSPS) is 9.90. The Labute approximate surface area is 134 Å². The molecule has 108 valence electrons. The third kappa shape index (κ3) is 5.12. The number of rotatable bonds is 6. The third-order valence-electron chi connectivity index (χ3n) is 2.68. The van der Waals surface area contributed by atoms with Gasteiger partial charge in [-0.3, -0.25) is 4.98 Å². The Morgan fingerprint density at radius 3 is 2.65 bits per heavy atom. The van der Waals surface area contributed by atoms with E-state index < -0.39 is 0 Å². The molecule has 2 rings (SSSR count). The number of nitrogens with zero attached hydrogens (tertiary/aromatic N) is 1. The molecule has 0 fully saturated rings. The van der Waals surface area contributed by atoms with E-state index in [2.05, 4.69) is 44.4 Å². The second kappa shape index (κ2) is 8.95. The van der Waals surface area contributed by atoms with Crippen LogP contribution in [0, 0.1) is 0 Å². The Kier molecular flexibility index (Phi) is 7.59. The van der Waals surface area contributed by atoms with Crippen molar-refractivity contribution in [1.82, 2.24) is 10.3 Å². The summed E-state index contributed by atoms with van der Waals surface area (Å²) in [5.41, 5.74) is 2.41. The smallest absolute Gasteiger partial charge is 0.133 e.